The van der Waals surface area contributed by atoms with Gasteiger partial charge in [0.1, 0.15) is 0 Å². The van der Waals surface area contributed by atoms with Gasteiger partial charge in [-0.1, -0.05) is 12.8 Å². The minimum atomic E-state index is -0.893. The highest BCUT2D eigenvalue weighted by Gasteiger charge is 2.38. The number of hydrogen-bond acceptors (Lipinski definition) is 3. The molecule has 104 valence electrons. The smallest absolute Gasteiger partial charge is 0.317 e. The van der Waals surface area contributed by atoms with Gasteiger partial charge >= 0.3 is 12.0 Å². The van der Waals surface area contributed by atoms with Crippen LogP contribution in [0.25, 0.3) is 0 Å². The molecule has 0 aromatic heterocycles. The number of carbonyl (C=O) groups excluding carboxylic acids is 1. The third-order valence-electron chi connectivity index (χ3n) is 3.31. The summed E-state index contributed by atoms with van der Waals surface area (Å²) in [5.74, 6) is -0.893. The summed E-state index contributed by atoms with van der Waals surface area (Å²) >= 11 is 0. The fourth-order valence-corrected chi connectivity index (χ4v) is 2.49. The molecule has 0 aromatic carbocycles. The zero-order chi connectivity index (χ0) is 13.8. The summed E-state index contributed by atoms with van der Waals surface area (Å²) in [6.45, 7) is 1.83. The van der Waals surface area contributed by atoms with Crippen LogP contribution in [0.5, 0.6) is 0 Å². The van der Waals surface area contributed by atoms with Crippen LogP contribution in [0.1, 0.15) is 39.0 Å². The molecule has 0 aromatic rings. The molecule has 0 saturated heterocycles. The molecule has 1 aliphatic carbocycles. The maximum atomic E-state index is 11.9. The summed E-state index contributed by atoms with van der Waals surface area (Å²) in [4.78, 5) is 24.2. The second-order valence-corrected chi connectivity index (χ2v) is 5.22. The number of amides is 2. The maximum Gasteiger partial charge on any atom is 0.317 e. The number of hydrogen-bond donors (Lipinski definition) is 3. The van der Waals surface area contributed by atoms with E-state index in [1.165, 1.54) is 4.90 Å². The highest BCUT2D eigenvalue weighted by Crippen LogP contribution is 2.32. The molecule has 1 aliphatic rings. The Morgan fingerprint density at radius 3 is 2.39 bits per heavy atom. The van der Waals surface area contributed by atoms with Crippen LogP contribution < -0.4 is 5.32 Å². The molecular weight excluding hydrogens is 236 g/mol. The molecule has 6 nitrogen and oxygen atoms in total. The molecule has 0 aliphatic heterocycles. The van der Waals surface area contributed by atoms with Crippen LogP contribution in [0.2, 0.25) is 0 Å². The number of likely N-dealkylation sites (N-methyl/N-ethyl adjacent to an activating group) is 1. The van der Waals surface area contributed by atoms with E-state index in [0.717, 1.165) is 12.8 Å². The van der Waals surface area contributed by atoms with E-state index in [4.69, 9.17) is 5.11 Å². The molecule has 1 atom stereocenters. The second kappa shape index (κ2) is 6.04. The van der Waals surface area contributed by atoms with Crippen molar-refractivity contribution in [2.75, 3.05) is 13.6 Å². The molecule has 1 unspecified atom stereocenters. The van der Waals surface area contributed by atoms with Gasteiger partial charge in [-0.2, -0.15) is 0 Å². The van der Waals surface area contributed by atoms with E-state index in [9.17, 15) is 14.7 Å². The second-order valence-electron chi connectivity index (χ2n) is 5.22. The van der Waals surface area contributed by atoms with Gasteiger partial charge in [0.2, 0.25) is 0 Å². The lowest BCUT2D eigenvalue weighted by molar-refractivity contribution is -0.138. The molecule has 6 heteroatoms. The quantitative estimate of drug-likeness (QED) is 0.680. The Labute approximate surface area is 107 Å². The molecule has 0 spiro atoms. The van der Waals surface area contributed by atoms with E-state index < -0.39 is 17.6 Å². The van der Waals surface area contributed by atoms with Crippen molar-refractivity contribution in [3.8, 4) is 0 Å². The normalized spacial score (nSPS) is 19.3. The van der Waals surface area contributed by atoms with Crippen LogP contribution >= 0.6 is 0 Å². The minimum absolute atomic E-state index is 0.0404. The monoisotopic (exact) mass is 258 g/mol. The van der Waals surface area contributed by atoms with Crippen molar-refractivity contribution in [1.82, 2.24) is 10.2 Å². The Bertz CT molecular complexity index is 311. The van der Waals surface area contributed by atoms with E-state index in [1.54, 1.807) is 14.0 Å². The summed E-state index contributed by atoms with van der Waals surface area (Å²) in [6, 6.07) is -0.320. The Balaban J connectivity index is 2.61. The van der Waals surface area contributed by atoms with Crippen molar-refractivity contribution in [2.24, 2.45) is 0 Å². The first-order valence-electron chi connectivity index (χ1n) is 6.28. The van der Waals surface area contributed by atoms with Crippen molar-refractivity contribution >= 4 is 12.0 Å². The van der Waals surface area contributed by atoms with Crippen molar-refractivity contribution < 1.29 is 19.8 Å². The van der Waals surface area contributed by atoms with Crippen LogP contribution in [-0.4, -0.2) is 52.3 Å². The van der Waals surface area contributed by atoms with Crippen LogP contribution in [0.3, 0.4) is 0 Å². The molecule has 2 amide bonds. The first kappa shape index (κ1) is 14.8. The van der Waals surface area contributed by atoms with Gasteiger partial charge in [-0.15, -0.1) is 0 Å². The Kier molecular flexibility index (Phi) is 4.95. The Morgan fingerprint density at radius 1 is 1.39 bits per heavy atom. The fourth-order valence-electron chi connectivity index (χ4n) is 2.49. The number of aliphatic hydroxyl groups is 1. The molecule has 0 heterocycles. The zero-order valence-electron chi connectivity index (χ0n) is 11.0. The van der Waals surface area contributed by atoms with E-state index in [1.807, 2.05) is 0 Å². The van der Waals surface area contributed by atoms with Gasteiger partial charge in [0, 0.05) is 13.6 Å². The highest BCUT2D eigenvalue weighted by atomic mass is 16.4. The van der Waals surface area contributed by atoms with Crippen LogP contribution in [0, 0.1) is 0 Å². The lowest BCUT2D eigenvalue weighted by Gasteiger charge is -2.31. The standard InChI is InChI=1S/C12H22N2O4/c1-9(15)8-14(2)11(18)13-12(7-10(16)17)5-3-4-6-12/h9,15H,3-8H2,1-2H3,(H,13,18)(H,16,17). The average molecular weight is 258 g/mol. The van der Waals surface area contributed by atoms with Crippen molar-refractivity contribution in [1.29, 1.82) is 0 Å². The lowest BCUT2D eigenvalue weighted by atomic mass is 9.93. The number of carboxylic acid groups (broad SMARTS) is 1. The van der Waals surface area contributed by atoms with Gasteiger partial charge in [-0.05, 0) is 19.8 Å². The van der Waals surface area contributed by atoms with E-state index in [2.05, 4.69) is 5.32 Å². The van der Waals surface area contributed by atoms with Crippen molar-refractivity contribution in [3.63, 3.8) is 0 Å². The maximum absolute atomic E-state index is 11.9. The van der Waals surface area contributed by atoms with E-state index in [0.29, 0.717) is 12.8 Å². The van der Waals surface area contributed by atoms with E-state index >= 15 is 0 Å². The van der Waals surface area contributed by atoms with Gasteiger partial charge < -0.3 is 20.4 Å². The molecule has 0 radical (unpaired) electrons. The largest absolute Gasteiger partial charge is 0.481 e. The molecule has 1 fully saturated rings. The summed E-state index contributed by atoms with van der Waals surface area (Å²) in [7, 11) is 1.59. The highest BCUT2D eigenvalue weighted by molar-refractivity contribution is 5.76. The molecule has 18 heavy (non-hydrogen) atoms. The number of urea groups is 1. The van der Waals surface area contributed by atoms with E-state index in [-0.39, 0.29) is 19.0 Å². The predicted octanol–water partition coefficient (Wildman–Crippen LogP) is 0.796. The molecule has 0 bridgehead atoms. The van der Waals surface area contributed by atoms with Gasteiger partial charge in [-0.25, -0.2) is 4.79 Å². The summed E-state index contributed by atoms with van der Waals surface area (Å²) < 4.78 is 0. The number of nitrogens with one attached hydrogen (secondary N) is 1. The third-order valence-corrected chi connectivity index (χ3v) is 3.31. The van der Waals surface area contributed by atoms with Crippen LogP contribution in [0.4, 0.5) is 4.79 Å². The van der Waals surface area contributed by atoms with Crippen molar-refractivity contribution in [3.05, 3.63) is 0 Å². The third kappa shape index (κ3) is 4.18. The molecule has 3 N–H and O–H groups in total. The lowest BCUT2D eigenvalue weighted by Crippen LogP contribution is -2.52. The number of aliphatic carboxylic acids is 1. The number of carboxylic acids is 1. The molecule has 1 saturated carbocycles. The van der Waals surface area contributed by atoms with Crippen LogP contribution in [-0.2, 0) is 4.79 Å². The summed E-state index contributed by atoms with van der Waals surface area (Å²) in [5.41, 5.74) is -0.615. The van der Waals surface area contributed by atoms with Crippen molar-refractivity contribution in [2.45, 2.75) is 50.7 Å². The summed E-state index contributed by atoms with van der Waals surface area (Å²) in [5, 5.41) is 21.0. The topological polar surface area (TPSA) is 89.9 Å². The van der Waals surface area contributed by atoms with Gasteiger partial charge in [0.05, 0.1) is 18.1 Å². The summed E-state index contributed by atoms with van der Waals surface area (Å²) in [6.07, 6.45) is 2.64. The number of aliphatic hydroxyl groups excluding tert-OH is 1. The van der Waals surface area contributed by atoms with Gasteiger partial charge in [-0.3, -0.25) is 4.79 Å². The first-order valence-corrected chi connectivity index (χ1v) is 6.28. The first-order chi connectivity index (χ1) is 8.34. The zero-order valence-corrected chi connectivity index (χ0v) is 11.0. The average Bonchev–Trinajstić information content (AvgIpc) is 2.63. The number of rotatable bonds is 5. The van der Waals surface area contributed by atoms with Gasteiger partial charge in [0.15, 0.2) is 0 Å². The molecule has 1 rings (SSSR count). The Morgan fingerprint density at radius 2 is 1.94 bits per heavy atom. The predicted molar refractivity (Wildman–Crippen MR) is 66.3 cm³/mol. The van der Waals surface area contributed by atoms with Crippen LogP contribution in [0.15, 0.2) is 0 Å². The number of nitrogens with zero attached hydrogens (tertiary/aromatic N) is 1. The fraction of sp³-hybridized carbons (Fsp3) is 0.833. The Hall–Kier alpha value is -1.30. The SMILES string of the molecule is CC(O)CN(C)C(=O)NC1(CC(=O)O)CCCC1. The van der Waals surface area contributed by atoms with Gasteiger partial charge in [0.25, 0.3) is 0 Å². The minimum Gasteiger partial charge on any atom is -0.481 e. The number of carbonyl (C=O) groups is 2. The molecular formula is C12H22N2O4.